The van der Waals surface area contributed by atoms with E-state index in [1.165, 1.54) is 0 Å². The van der Waals surface area contributed by atoms with Crippen molar-refractivity contribution in [2.75, 3.05) is 0 Å². The summed E-state index contributed by atoms with van der Waals surface area (Å²) in [6, 6.07) is 4.59. The third kappa shape index (κ3) is 2.95. The molecule has 6 nitrogen and oxygen atoms in total. The van der Waals surface area contributed by atoms with E-state index in [0.717, 1.165) is 17.2 Å². The van der Waals surface area contributed by atoms with Gasteiger partial charge in [-0.25, -0.2) is 0 Å². The normalized spacial score (nSPS) is 18.2. The number of benzene rings is 1. The molecule has 0 bridgehead atoms. The SMILES string of the molecule is Cc1nnc2n1CC(C(=O)O)N(Cc1cc(Cl)cc(Cl)c1)C2. The number of nitrogens with zero attached hydrogens (tertiary/aromatic N) is 4. The van der Waals surface area contributed by atoms with Crippen LogP contribution in [0.4, 0.5) is 0 Å². The van der Waals surface area contributed by atoms with Gasteiger partial charge in [0.15, 0.2) is 0 Å². The summed E-state index contributed by atoms with van der Waals surface area (Å²) in [6.07, 6.45) is 0. The van der Waals surface area contributed by atoms with Gasteiger partial charge in [-0.05, 0) is 30.7 Å². The van der Waals surface area contributed by atoms with Gasteiger partial charge in [0.25, 0.3) is 0 Å². The van der Waals surface area contributed by atoms with E-state index in [1.54, 1.807) is 18.2 Å². The smallest absolute Gasteiger partial charge is 0.322 e. The van der Waals surface area contributed by atoms with Crippen LogP contribution in [0.5, 0.6) is 0 Å². The zero-order chi connectivity index (χ0) is 15.9. The van der Waals surface area contributed by atoms with E-state index in [2.05, 4.69) is 10.2 Å². The molecule has 3 rings (SSSR count). The molecule has 0 saturated heterocycles. The molecule has 1 N–H and O–H groups in total. The number of hydrogen-bond acceptors (Lipinski definition) is 4. The standard InChI is InChI=1S/C14H14Cl2N4O2/c1-8-17-18-13-7-19(12(14(21)22)6-20(8)13)5-9-2-10(15)4-11(16)3-9/h2-4,12H,5-7H2,1H3,(H,21,22). The van der Waals surface area contributed by atoms with Gasteiger partial charge >= 0.3 is 5.97 Å². The summed E-state index contributed by atoms with van der Waals surface area (Å²) < 4.78 is 1.85. The van der Waals surface area contributed by atoms with Crippen molar-refractivity contribution < 1.29 is 9.90 Å². The van der Waals surface area contributed by atoms with Gasteiger partial charge in [-0.3, -0.25) is 9.69 Å². The lowest BCUT2D eigenvalue weighted by Crippen LogP contribution is -2.47. The van der Waals surface area contributed by atoms with Crippen LogP contribution < -0.4 is 0 Å². The maximum atomic E-state index is 11.6. The number of aryl methyl sites for hydroxylation is 1. The van der Waals surface area contributed by atoms with Crippen molar-refractivity contribution in [3.63, 3.8) is 0 Å². The number of aliphatic carboxylic acids is 1. The first-order chi connectivity index (χ1) is 10.4. The van der Waals surface area contributed by atoms with Gasteiger partial charge < -0.3 is 9.67 Å². The van der Waals surface area contributed by atoms with Gasteiger partial charge in [-0.15, -0.1) is 10.2 Å². The van der Waals surface area contributed by atoms with Crippen LogP contribution in [0.2, 0.25) is 10.0 Å². The maximum absolute atomic E-state index is 11.6. The third-order valence-electron chi connectivity index (χ3n) is 3.75. The van der Waals surface area contributed by atoms with Crippen molar-refractivity contribution in [2.45, 2.75) is 32.6 Å². The lowest BCUT2D eigenvalue weighted by Gasteiger charge is -2.33. The Balaban J connectivity index is 1.89. The first-order valence-electron chi connectivity index (χ1n) is 6.74. The van der Waals surface area contributed by atoms with Crippen LogP contribution in [0.15, 0.2) is 18.2 Å². The zero-order valence-electron chi connectivity index (χ0n) is 11.8. The van der Waals surface area contributed by atoms with E-state index < -0.39 is 12.0 Å². The van der Waals surface area contributed by atoms with Crippen LogP contribution in [0.1, 0.15) is 17.2 Å². The lowest BCUT2D eigenvalue weighted by molar-refractivity contribution is -0.145. The van der Waals surface area contributed by atoms with Crippen LogP contribution in [-0.4, -0.2) is 36.8 Å². The molecule has 8 heteroatoms. The highest BCUT2D eigenvalue weighted by atomic mass is 35.5. The summed E-state index contributed by atoms with van der Waals surface area (Å²) in [5.41, 5.74) is 0.869. The van der Waals surface area contributed by atoms with E-state index >= 15 is 0 Å². The number of halogens is 2. The molecule has 1 atom stereocenters. The molecule has 0 radical (unpaired) electrons. The van der Waals surface area contributed by atoms with E-state index in [0.29, 0.717) is 29.7 Å². The molecule has 2 aromatic rings. The van der Waals surface area contributed by atoms with E-state index in [1.807, 2.05) is 16.4 Å². The summed E-state index contributed by atoms with van der Waals surface area (Å²) >= 11 is 12.0. The molecule has 1 aromatic heterocycles. The Labute approximate surface area is 137 Å². The van der Waals surface area contributed by atoms with Crippen molar-refractivity contribution in [2.24, 2.45) is 0 Å². The second-order valence-corrected chi connectivity index (χ2v) is 6.18. The monoisotopic (exact) mass is 340 g/mol. The molecule has 0 saturated carbocycles. The minimum atomic E-state index is -0.869. The minimum absolute atomic E-state index is 0.331. The van der Waals surface area contributed by atoms with Gasteiger partial charge in [0.1, 0.15) is 17.7 Å². The molecule has 0 fully saturated rings. The van der Waals surface area contributed by atoms with Crippen molar-refractivity contribution in [1.29, 1.82) is 0 Å². The van der Waals surface area contributed by atoms with Crippen LogP contribution in [0.3, 0.4) is 0 Å². The molecule has 0 aliphatic carbocycles. The number of carboxylic acids is 1. The Morgan fingerprint density at radius 2 is 2.00 bits per heavy atom. The lowest BCUT2D eigenvalue weighted by atomic mass is 10.1. The molecule has 1 aliphatic rings. The van der Waals surface area contributed by atoms with Crippen molar-refractivity contribution in [3.8, 4) is 0 Å². The predicted octanol–water partition coefficient (Wildman–Crippen LogP) is 2.36. The Bertz CT molecular complexity index is 711. The maximum Gasteiger partial charge on any atom is 0.322 e. The number of hydrogen-bond donors (Lipinski definition) is 1. The molecule has 1 aliphatic heterocycles. The highest BCUT2D eigenvalue weighted by Gasteiger charge is 2.33. The topological polar surface area (TPSA) is 71.2 Å². The third-order valence-corrected chi connectivity index (χ3v) is 4.18. The van der Waals surface area contributed by atoms with Crippen LogP contribution in [0, 0.1) is 6.92 Å². The van der Waals surface area contributed by atoms with Crippen molar-refractivity contribution in [3.05, 3.63) is 45.5 Å². The average molecular weight is 341 g/mol. The predicted molar refractivity (Wildman–Crippen MR) is 81.9 cm³/mol. The molecule has 22 heavy (non-hydrogen) atoms. The number of aromatic nitrogens is 3. The molecular formula is C14H14Cl2N4O2. The highest BCUT2D eigenvalue weighted by Crippen LogP contribution is 2.24. The van der Waals surface area contributed by atoms with Crippen molar-refractivity contribution in [1.82, 2.24) is 19.7 Å². The summed E-state index contributed by atoms with van der Waals surface area (Å²) in [5, 5.41) is 18.7. The molecule has 0 spiro atoms. The highest BCUT2D eigenvalue weighted by molar-refractivity contribution is 6.34. The van der Waals surface area contributed by atoms with Crippen LogP contribution >= 0.6 is 23.2 Å². The van der Waals surface area contributed by atoms with E-state index in [9.17, 15) is 9.90 Å². The Morgan fingerprint density at radius 1 is 1.32 bits per heavy atom. The molecular weight excluding hydrogens is 327 g/mol. The Morgan fingerprint density at radius 3 is 2.64 bits per heavy atom. The number of fused-ring (bicyclic) bond motifs is 1. The van der Waals surface area contributed by atoms with Gasteiger partial charge in [0.05, 0.1) is 13.1 Å². The molecule has 1 unspecified atom stereocenters. The Hall–Kier alpha value is -1.63. The number of rotatable bonds is 3. The largest absolute Gasteiger partial charge is 0.480 e. The van der Waals surface area contributed by atoms with Gasteiger partial charge in [-0.2, -0.15) is 0 Å². The summed E-state index contributed by atoms with van der Waals surface area (Å²) in [6.45, 7) is 3.00. The first-order valence-corrected chi connectivity index (χ1v) is 7.50. The minimum Gasteiger partial charge on any atom is -0.480 e. The van der Waals surface area contributed by atoms with E-state index in [-0.39, 0.29) is 0 Å². The van der Waals surface area contributed by atoms with E-state index in [4.69, 9.17) is 23.2 Å². The second-order valence-electron chi connectivity index (χ2n) is 5.31. The quantitative estimate of drug-likeness (QED) is 0.928. The average Bonchev–Trinajstić information content (AvgIpc) is 2.77. The van der Waals surface area contributed by atoms with Gasteiger partial charge in [-0.1, -0.05) is 23.2 Å². The number of carboxylic acid groups (broad SMARTS) is 1. The second kappa shape index (κ2) is 5.87. The fourth-order valence-electron chi connectivity index (χ4n) is 2.70. The summed E-state index contributed by atoms with van der Waals surface area (Å²) in [4.78, 5) is 13.4. The van der Waals surface area contributed by atoms with Crippen molar-refractivity contribution >= 4 is 29.2 Å². The fourth-order valence-corrected chi connectivity index (χ4v) is 3.27. The molecule has 1 aromatic carbocycles. The molecule has 2 heterocycles. The zero-order valence-corrected chi connectivity index (χ0v) is 13.3. The fraction of sp³-hybridized carbons (Fsp3) is 0.357. The van der Waals surface area contributed by atoms with Gasteiger partial charge in [0.2, 0.25) is 0 Å². The van der Waals surface area contributed by atoms with Crippen LogP contribution in [-0.2, 0) is 24.4 Å². The number of carbonyl (C=O) groups is 1. The summed E-state index contributed by atoms with van der Waals surface area (Å²) in [5.74, 6) is 0.627. The summed E-state index contributed by atoms with van der Waals surface area (Å²) in [7, 11) is 0. The van der Waals surface area contributed by atoms with Crippen LogP contribution in [0.25, 0.3) is 0 Å². The molecule has 116 valence electrons. The molecule has 0 amide bonds. The first kappa shape index (κ1) is 15.3. The Kier molecular flexibility index (Phi) is 4.08. The van der Waals surface area contributed by atoms with Gasteiger partial charge in [0, 0.05) is 16.6 Å².